The molecular formula is C21H22BrF3N2O2. The molecule has 4 nitrogen and oxygen atoms in total. The van der Waals surface area contributed by atoms with E-state index < -0.39 is 12.0 Å². The highest BCUT2D eigenvalue weighted by atomic mass is 79.9. The lowest BCUT2D eigenvalue weighted by Crippen LogP contribution is -2.60. The van der Waals surface area contributed by atoms with Gasteiger partial charge in [0.05, 0.1) is 5.56 Å². The molecule has 0 atom stereocenters. The van der Waals surface area contributed by atoms with Crippen LogP contribution in [0.5, 0.6) is 5.75 Å². The number of nitrogens with one attached hydrogen (secondary N) is 1. The van der Waals surface area contributed by atoms with Crippen LogP contribution in [0.2, 0.25) is 0 Å². The van der Waals surface area contributed by atoms with Crippen molar-refractivity contribution in [2.45, 2.75) is 51.6 Å². The summed E-state index contributed by atoms with van der Waals surface area (Å²) >= 11 is 3.45. The van der Waals surface area contributed by atoms with Gasteiger partial charge in [-0.25, -0.2) is 0 Å². The molecule has 1 aliphatic heterocycles. The third-order valence-corrected chi connectivity index (χ3v) is 5.36. The molecule has 0 aliphatic carbocycles. The van der Waals surface area contributed by atoms with Crippen LogP contribution in [0.1, 0.15) is 49.9 Å². The van der Waals surface area contributed by atoms with Gasteiger partial charge in [0.15, 0.2) is 0 Å². The van der Waals surface area contributed by atoms with Gasteiger partial charge in [-0.3, -0.25) is 9.69 Å². The topological polar surface area (TPSA) is 41.6 Å². The second-order valence-electron chi connectivity index (χ2n) is 7.03. The largest absolute Gasteiger partial charge is 0.573 e. The molecule has 3 rings (SSSR count). The van der Waals surface area contributed by atoms with Gasteiger partial charge >= 0.3 is 6.36 Å². The molecular weight excluding hydrogens is 449 g/mol. The van der Waals surface area contributed by atoms with Crippen LogP contribution in [-0.4, -0.2) is 17.9 Å². The van der Waals surface area contributed by atoms with E-state index in [4.69, 9.17) is 0 Å². The quantitative estimate of drug-likeness (QED) is 0.509. The Morgan fingerprint density at radius 2 is 1.69 bits per heavy atom. The first-order chi connectivity index (χ1) is 13.7. The van der Waals surface area contributed by atoms with E-state index in [0.717, 1.165) is 23.0 Å². The normalized spacial score (nSPS) is 15.7. The SMILES string of the molecule is CCCC1(CCC)Nc2cc(Br)ccc2C(=O)N1c1ccc(OC(F)(F)F)cc1. The molecule has 29 heavy (non-hydrogen) atoms. The van der Waals surface area contributed by atoms with E-state index in [1.54, 1.807) is 17.0 Å². The van der Waals surface area contributed by atoms with Crippen LogP contribution in [0.3, 0.4) is 0 Å². The van der Waals surface area contributed by atoms with Crippen LogP contribution in [0.25, 0.3) is 0 Å². The van der Waals surface area contributed by atoms with E-state index in [0.29, 0.717) is 24.1 Å². The van der Waals surface area contributed by atoms with Crippen molar-refractivity contribution >= 4 is 33.2 Å². The molecule has 1 aliphatic rings. The third-order valence-electron chi connectivity index (χ3n) is 4.87. The zero-order chi connectivity index (χ0) is 21.2. The zero-order valence-corrected chi connectivity index (χ0v) is 17.7. The fraction of sp³-hybridized carbons (Fsp3) is 0.381. The highest BCUT2D eigenvalue weighted by Crippen LogP contribution is 2.41. The third kappa shape index (κ3) is 4.52. The molecule has 0 spiro atoms. The van der Waals surface area contributed by atoms with Crippen molar-refractivity contribution in [3.05, 3.63) is 52.5 Å². The van der Waals surface area contributed by atoms with Gasteiger partial charge in [-0.05, 0) is 55.3 Å². The molecule has 8 heteroatoms. The predicted molar refractivity (Wildman–Crippen MR) is 110 cm³/mol. The number of anilines is 2. The lowest BCUT2D eigenvalue weighted by atomic mass is 9.90. The van der Waals surface area contributed by atoms with Crippen molar-refractivity contribution in [1.29, 1.82) is 0 Å². The van der Waals surface area contributed by atoms with Gasteiger partial charge in [0.2, 0.25) is 0 Å². The average Bonchev–Trinajstić information content (AvgIpc) is 2.62. The Balaban J connectivity index is 2.07. The van der Waals surface area contributed by atoms with Crippen molar-refractivity contribution in [2.75, 3.05) is 10.2 Å². The lowest BCUT2D eigenvalue weighted by molar-refractivity contribution is -0.274. The number of hydrogen-bond donors (Lipinski definition) is 1. The number of amides is 1. The van der Waals surface area contributed by atoms with Crippen LogP contribution in [-0.2, 0) is 0 Å². The Bertz CT molecular complexity index is 878. The Hall–Kier alpha value is -2.22. The smallest absolute Gasteiger partial charge is 0.406 e. The number of rotatable bonds is 6. The van der Waals surface area contributed by atoms with Crippen molar-refractivity contribution in [2.24, 2.45) is 0 Å². The molecule has 156 valence electrons. The number of fused-ring (bicyclic) bond motifs is 1. The van der Waals surface area contributed by atoms with Gasteiger partial charge in [-0.15, -0.1) is 13.2 Å². The molecule has 0 radical (unpaired) electrons. The molecule has 0 unspecified atom stereocenters. The number of hydrogen-bond acceptors (Lipinski definition) is 3. The van der Waals surface area contributed by atoms with Crippen molar-refractivity contribution in [3.8, 4) is 5.75 Å². The first-order valence-corrected chi connectivity index (χ1v) is 10.3. The first-order valence-electron chi connectivity index (χ1n) is 9.47. The average molecular weight is 471 g/mol. The Kier molecular flexibility index (Phi) is 6.12. The van der Waals surface area contributed by atoms with E-state index in [9.17, 15) is 18.0 Å². The molecule has 2 aromatic rings. The summed E-state index contributed by atoms with van der Waals surface area (Å²) in [7, 11) is 0. The fourth-order valence-electron chi connectivity index (χ4n) is 3.89. The zero-order valence-electron chi connectivity index (χ0n) is 16.1. The maximum absolute atomic E-state index is 13.5. The monoisotopic (exact) mass is 470 g/mol. The standard InChI is InChI=1S/C21H22BrF3N2O2/c1-3-11-20(12-4-2)26-18-13-14(22)5-10-17(18)19(28)27(20)15-6-8-16(9-7-15)29-21(23,24)25/h5-10,13,26H,3-4,11-12H2,1-2H3. The van der Waals surface area contributed by atoms with Crippen LogP contribution in [0.4, 0.5) is 24.5 Å². The number of carbonyl (C=O) groups is 1. The van der Waals surface area contributed by atoms with E-state index in [-0.39, 0.29) is 11.7 Å². The predicted octanol–water partition coefficient (Wildman–Crippen LogP) is 6.72. The Morgan fingerprint density at radius 1 is 1.07 bits per heavy atom. The van der Waals surface area contributed by atoms with E-state index in [2.05, 4.69) is 26.0 Å². The summed E-state index contributed by atoms with van der Waals surface area (Å²) in [6.45, 7) is 4.08. The van der Waals surface area contributed by atoms with Gasteiger partial charge in [0.1, 0.15) is 11.4 Å². The minimum atomic E-state index is -4.76. The molecule has 0 fully saturated rings. The van der Waals surface area contributed by atoms with Crippen molar-refractivity contribution in [1.82, 2.24) is 0 Å². The van der Waals surface area contributed by atoms with E-state index in [1.165, 1.54) is 24.3 Å². The summed E-state index contributed by atoms with van der Waals surface area (Å²) in [5, 5.41) is 3.55. The number of alkyl halides is 3. The number of carbonyl (C=O) groups excluding carboxylic acids is 1. The minimum absolute atomic E-state index is 0.183. The molecule has 1 heterocycles. The second-order valence-corrected chi connectivity index (χ2v) is 7.94. The van der Waals surface area contributed by atoms with Gasteiger partial charge < -0.3 is 10.1 Å². The van der Waals surface area contributed by atoms with Gasteiger partial charge in [0.25, 0.3) is 5.91 Å². The Labute approximate surface area is 176 Å². The number of nitrogens with zero attached hydrogens (tertiary/aromatic N) is 1. The highest BCUT2D eigenvalue weighted by molar-refractivity contribution is 9.10. The molecule has 2 aromatic carbocycles. The summed E-state index contributed by atoms with van der Waals surface area (Å²) < 4.78 is 42.3. The van der Waals surface area contributed by atoms with Crippen molar-refractivity contribution < 1.29 is 22.7 Å². The first kappa shape index (κ1) is 21.5. The van der Waals surface area contributed by atoms with Crippen LogP contribution in [0, 0.1) is 0 Å². The van der Waals surface area contributed by atoms with Gasteiger partial charge in [-0.1, -0.05) is 42.6 Å². The number of ether oxygens (including phenoxy) is 1. The van der Waals surface area contributed by atoms with Gasteiger partial charge in [-0.2, -0.15) is 0 Å². The molecule has 1 N–H and O–H groups in total. The van der Waals surface area contributed by atoms with Crippen LogP contribution in [0.15, 0.2) is 46.9 Å². The summed E-state index contributed by atoms with van der Waals surface area (Å²) in [5.41, 5.74) is 1.12. The number of benzene rings is 2. The molecule has 1 amide bonds. The maximum Gasteiger partial charge on any atom is 0.573 e. The molecule has 0 saturated carbocycles. The maximum atomic E-state index is 13.5. The molecule has 0 bridgehead atoms. The minimum Gasteiger partial charge on any atom is -0.406 e. The van der Waals surface area contributed by atoms with Crippen LogP contribution < -0.4 is 15.0 Å². The van der Waals surface area contributed by atoms with E-state index in [1.807, 2.05) is 19.9 Å². The molecule has 0 saturated heterocycles. The Morgan fingerprint density at radius 3 is 2.24 bits per heavy atom. The van der Waals surface area contributed by atoms with Crippen LogP contribution >= 0.6 is 15.9 Å². The molecule has 0 aromatic heterocycles. The fourth-order valence-corrected chi connectivity index (χ4v) is 4.25. The summed E-state index contributed by atoms with van der Waals surface area (Å²) in [4.78, 5) is 15.1. The van der Waals surface area contributed by atoms with E-state index >= 15 is 0 Å². The summed E-state index contributed by atoms with van der Waals surface area (Å²) in [6, 6.07) is 10.9. The number of halogens is 4. The second kappa shape index (κ2) is 8.26. The summed E-state index contributed by atoms with van der Waals surface area (Å²) in [5.74, 6) is -0.503. The highest BCUT2D eigenvalue weighted by Gasteiger charge is 2.44. The summed E-state index contributed by atoms with van der Waals surface area (Å²) in [6.07, 6.45) is -1.71. The van der Waals surface area contributed by atoms with Gasteiger partial charge in [0, 0.05) is 15.8 Å². The van der Waals surface area contributed by atoms with Crippen molar-refractivity contribution in [3.63, 3.8) is 0 Å². The lowest BCUT2D eigenvalue weighted by Gasteiger charge is -2.49.